The topological polar surface area (TPSA) is 50.2 Å². The molecule has 0 aliphatic carbocycles. The summed E-state index contributed by atoms with van der Waals surface area (Å²) in [7, 11) is 0. The van der Waals surface area contributed by atoms with E-state index in [4.69, 9.17) is 34.8 Å². The van der Waals surface area contributed by atoms with Crippen molar-refractivity contribution in [1.29, 1.82) is 0 Å². The molecule has 10 heteroatoms. The number of aromatic nitrogens is 2. The fourth-order valence-corrected chi connectivity index (χ4v) is 4.24. The first-order valence-electron chi connectivity index (χ1n) is 9.89. The van der Waals surface area contributed by atoms with Crippen molar-refractivity contribution >= 4 is 40.7 Å². The number of nitrogens with one attached hydrogen (secondary N) is 1. The van der Waals surface area contributed by atoms with Crippen molar-refractivity contribution in [2.24, 2.45) is 0 Å². The fraction of sp³-hybridized carbons (Fsp3) is 0.273. The van der Waals surface area contributed by atoms with Gasteiger partial charge in [0.1, 0.15) is 0 Å². The molecule has 32 heavy (non-hydrogen) atoms. The second-order valence-corrected chi connectivity index (χ2v) is 8.90. The number of amides is 1. The highest BCUT2D eigenvalue weighted by molar-refractivity contribution is 6.35. The molecule has 2 aromatic carbocycles. The van der Waals surface area contributed by atoms with E-state index in [1.807, 2.05) is 12.1 Å². The van der Waals surface area contributed by atoms with Crippen molar-refractivity contribution in [3.8, 4) is 16.9 Å². The Hall–Kier alpha value is -2.19. The summed E-state index contributed by atoms with van der Waals surface area (Å²) in [4.78, 5) is 13.0. The summed E-state index contributed by atoms with van der Waals surface area (Å²) >= 11 is 18.5. The van der Waals surface area contributed by atoms with Gasteiger partial charge in [-0.2, -0.15) is 5.10 Å². The predicted octanol–water partition coefficient (Wildman–Crippen LogP) is 6.18. The van der Waals surface area contributed by atoms with Crippen molar-refractivity contribution < 1.29 is 13.6 Å². The van der Waals surface area contributed by atoms with Crippen LogP contribution in [0, 0.1) is 6.92 Å². The first-order valence-corrected chi connectivity index (χ1v) is 11.0. The van der Waals surface area contributed by atoms with Crippen LogP contribution in [0.3, 0.4) is 0 Å². The zero-order valence-electron chi connectivity index (χ0n) is 17.0. The van der Waals surface area contributed by atoms with Gasteiger partial charge < -0.3 is 0 Å². The molecule has 5 nitrogen and oxygen atoms in total. The largest absolute Gasteiger partial charge is 0.286 e. The van der Waals surface area contributed by atoms with Crippen LogP contribution in [0.2, 0.25) is 15.1 Å². The summed E-state index contributed by atoms with van der Waals surface area (Å²) in [5.41, 5.74) is 5.45. The number of nitrogens with zero attached hydrogens (tertiary/aromatic N) is 3. The molecule has 0 atom stereocenters. The number of piperidine rings is 1. The molecule has 1 amide bonds. The number of hydrogen-bond acceptors (Lipinski definition) is 3. The van der Waals surface area contributed by atoms with E-state index in [0.717, 1.165) is 5.56 Å². The van der Waals surface area contributed by atoms with Crippen LogP contribution in [0.4, 0.5) is 8.78 Å². The molecule has 4 rings (SSSR count). The number of rotatable bonds is 4. The van der Waals surface area contributed by atoms with Gasteiger partial charge in [0.15, 0.2) is 5.69 Å². The van der Waals surface area contributed by atoms with E-state index < -0.39 is 11.8 Å². The van der Waals surface area contributed by atoms with Crippen LogP contribution in [-0.4, -0.2) is 39.7 Å². The third-order valence-corrected chi connectivity index (χ3v) is 6.14. The maximum Gasteiger partial charge on any atom is 0.286 e. The van der Waals surface area contributed by atoms with Crippen LogP contribution in [0.1, 0.15) is 28.9 Å². The van der Waals surface area contributed by atoms with Crippen molar-refractivity contribution in [2.45, 2.75) is 25.7 Å². The summed E-state index contributed by atoms with van der Waals surface area (Å²) in [6.07, 6.45) is -0.617. The number of hydrogen-bond donors (Lipinski definition) is 1. The molecule has 0 bridgehead atoms. The van der Waals surface area contributed by atoms with E-state index in [1.54, 1.807) is 41.9 Å². The maximum absolute atomic E-state index is 13.4. The Kier molecular flexibility index (Phi) is 6.45. The van der Waals surface area contributed by atoms with Gasteiger partial charge in [0.25, 0.3) is 11.8 Å². The van der Waals surface area contributed by atoms with Crippen molar-refractivity contribution in [1.82, 2.24) is 20.2 Å². The van der Waals surface area contributed by atoms with Crippen LogP contribution in [0.15, 0.2) is 42.5 Å². The highest BCUT2D eigenvalue weighted by Crippen LogP contribution is 2.33. The lowest BCUT2D eigenvalue weighted by Gasteiger charge is -2.31. The molecule has 1 N–H and O–H groups in total. The zero-order chi connectivity index (χ0) is 23.0. The summed E-state index contributed by atoms with van der Waals surface area (Å²) in [5, 5.41) is 7.43. The molecule has 1 fully saturated rings. The molecular formula is C22H19Cl3F2N4O. The Morgan fingerprint density at radius 1 is 1.03 bits per heavy atom. The SMILES string of the molecule is Cc1c(C(=O)NN2CCC(F)(F)CC2)nn(-c2ccc(Cl)cc2Cl)c1-c1ccc(Cl)cc1. The Balaban J connectivity index is 1.74. The highest BCUT2D eigenvalue weighted by Gasteiger charge is 2.35. The lowest BCUT2D eigenvalue weighted by molar-refractivity contribution is -0.0631. The molecular weight excluding hydrogens is 481 g/mol. The number of alkyl halides is 2. The Morgan fingerprint density at radius 3 is 2.28 bits per heavy atom. The zero-order valence-corrected chi connectivity index (χ0v) is 19.3. The fourth-order valence-electron chi connectivity index (χ4n) is 3.63. The molecule has 1 saturated heterocycles. The first-order chi connectivity index (χ1) is 15.1. The van der Waals surface area contributed by atoms with Gasteiger partial charge in [0, 0.05) is 47.1 Å². The normalized spacial score (nSPS) is 16.2. The number of hydrazine groups is 1. The Labute approximate surface area is 198 Å². The smallest absolute Gasteiger partial charge is 0.283 e. The average molecular weight is 500 g/mol. The van der Waals surface area contributed by atoms with Gasteiger partial charge in [-0.3, -0.25) is 10.2 Å². The van der Waals surface area contributed by atoms with Gasteiger partial charge in [-0.25, -0.2) is 18.5 Å². The van der Waals surface area contributed by atoms with Gasteiger partial charge >= 0.3 is 0 Å². The van der Waals surface area contributed by atoms with Crippen molar-refractivity contribution in [2.75, 3.05) is 13.1 Å². The van der Waals surface area contributed by atoms with Crippen LogP contribution >= 0.6 is 34.8 Å². The first kappa shape index (κ1) is 23.0. The number of benzene rings is 2. The molecule has 0 saturated carbocycles. The van der Waals surface area contributed by atoms with Crippen molar-refractivity contribution in [3.63, 3.8) is 0 Å². The van der Waals surface area contributed by atoms with E-state index in [9.17, 15) is 13.6 Å². The average Bonchev–Trinajstić information content (AvgIpc) is 3.07. The lowest BCUT2D eigenvalue weighted by atomic mass is 10.1. The lowest BCUT2D eigenvalue weighted by Crippen LogP contribution is -2.49. The summed E-state index contributed by atoms with van der Waals surface area (Å²) in [5.74, 6) is -3.18. The minimum atomic E-state index is -2.70. The van der Waals surface area contributed by atoms with Crippen LogP contribution < -0.4 is 5.43 Å². The molecule has 168 valence electrons. The van der Waals surface area contributed by atoms with E-state index in [0.29, 0.717) is 32.0 Å². The molecule has 0 unspecified atom stereocenters. The number of carbonyl (C=O) groups excluding carboxylic acids is 1. The molecule has 0 spiro atoms. The third-order valence-electron chi connectivity index (χ3n) is 5.35. The van der Waals surface area contributed by atoms with E-state index in [1.165, 1.54) is 5.01 Å². The monoisotopic (exact) mass is 498 g/mol. The number of carbonyl (C=O) groups is 1. The van der Waals surface area contributed by atoms with E-state index >= 15 is 0 Å². The predicted molar refractivity (Wildman–Crippen MR) is 122 cm³/mol. The van der Waals surface area contributed by atoms with Gasteiger partial charge in [-0.15, -0.1) is 0 Å². The van der Waals surface area contributed by atoms with Gasteiger partial charge in [0.2, 0.25) is 0 Å². The van der Waals surface area contributed by atoms with E-state index in [2.05, 4.69) is 10.5 Å². The highest BCUT2D eigenvalue weighted by atomic mass is 35.5. The molecule has 0 radical (unpaired) electrons. The van der Waals surface area contributed by atoms with Crippen LogP contribution in [-0.2, 0) is 0 Å². The standard InChI is InChI=1S/C22H19Cl3F2N4O/c1-13-19(21(32)29-30-10-8-22(26,27)9-11-30)28-31(18-7-6-16(24)12-17(18)25)20(13)14-2-4-15(23)5-3-14/h2-7,12H,8-11H2,1H3,(H,29,32). The van der Waals surface area contributed by atoms with E-state index in [-0.39, 0.29) is 31.6 Å². The quantitative estimate of drug-likeness (QED) is 0.466. The summed E-state index contributed by atoms with van der Waals surface area (Å²) in [6, 6.07) is 12.1. The third kappa shape index (κ3) is 4.76. The van der Waals surface area contributed by atoms with Gasteiger partial charge in [0.05, 0.1) is 16.4 Å². The second kappa shape index (κ2) is 8.98. The van der Waals surface area contributed by atoms with Gasteiger partial charge in [-0.05, 0) is 37.3 Å². The van der Waals surface area contributed by atoms with Crippen LogP contribution in [0.25, 0.3) is 16.9 Å². The Bertz CT molecular complexity index is 1150. The number of halogens is 5. The molecule has 3 aromatic rings. The molecule has 1 aliphatic rings. The molecule has 2 heterocycles. The van der Waals surface area contributed by atoms with Crippen LogP contribution in [0.5, 0.6) is 0 Å². The molecule has 1 aliphatic heterocycles. The maximum atomic E-state index is 13.4. The Morgan fingerprint density at radius 2 is 1.66 bits per heavy atom. The molecule has 1 aromatic heterocycles. The van der Waals surface area contributed by atoms with Crippen molar-refractivity contribution in [3.05, 3.63) is 68.8 Å². The summed E-state index contributed by atoms with van der Waals surface area (Å²) in [6.45, 7) is 1.90. The minimum Gasteiger partial charge on any atom is -0.283 e. The van der Waals surface area contributed by atoms with Gasteiger partial charge in [-0.1, -0.05) is 46.9 Å². The minimum absolute atomic E-state index is 0.0611. The second-order valence-electron chi connectivity index (χ2n) is 7.62. The summed E-state index contributed by atoms with van der Waals surface area (Å²) < 4.78 is 28.5.